The van der Waals surface area contributed by atoms with Gasteiger partial charge in [0.25, 0.3) is 5.91 Å². The van der Waals surface area contributed by atoms with Crippen LogP contribution >= 0.6 is 0 Å². The van der Waals surface area contributed by atoms with Crippen molar-refractivity contribution >= 4 is 28.4 Å². The van der Waals surface area contributed by atoms with Gasteiger partial charge in [-0.05, 0) is 86.5 Å². The molecule has 2 aromatic carbocycles. The van der Waals surface area contributed by atoms with Crippen LogP contribution in [0.1, 0.15) is 48.9 Å². The van der Waals surface area contributed by atoms with Crippen LogP contribution in [0.3, 0.4) is 0 Å². The number of hydrogen-bond acceptors (Lipinski definition) is 6. The Morgan fingerprint density at radius 2 is 1.76 bits per heavy atom. The van der Waals surface area contributed by atoms with Gasteiger partial charge in [-0.15, -0.1) is 0 Å². The second-order valence-corrected chi connectivity index (χ2v) is 9.56. The van der Waals surface area contributed by atoms with Crippen molar-refractivity contribution in [3.8, 4) is 0 Å². The van der Waals surface area contributed by atoms with Crippen LogP contribution in [0.25, 0.3) is 10.8 Å². The highest BCUT2D eigenvalue weighted by molar-refractivity contribution is 6.07. The number of nitrogens with one attached hydrogen (secondary N) is 2. The zero-order valence-electron chi connectivity index (χ0n) is 19.5. The quantitative estimate of drug-likeness (QED) is 0.516. The zero-order chi connectivity index (χ0) is 23.3. The summed E-state index contributed by atoms with van der Waals surface area (Å²) in [7, 11) is 0. The highest BCUT2D eigenvalue weighted by atomic mass is 16.3. The summed E-state index contributed by atoms with van der Waals surface area (Å²) in [6, 6.07) is 16.1. The third-order valence-corrected chi connectivity index (χ3v) is 7.09. The minimum absolute atomic E-state index is 0.0327. The Labute approximate surface area is 200 Å². The van der Waals surface area contributed by atoms with Crippen LogP contribution in [-0.2, 0) is 0 Å². The van der Waals surface area contributed by atoms with Crippen LogP contribution in [0.5, 0.6) is 0 Å². The third kappa shape index (κ3) is 5.37. The number of fused-ring (bicyclic) bond motifs is 1. The summed E-state index contributed by atoms with van der Waals surface area (Å²) in [4.78, 5) is 24.8. The van der Waals surface area contributed by atoms with E-state index in [1.54, 1.807) is 6.20 Å². The normalized spacial score (nSPS) is 21.3. The summed E-state index contributed by atoms with van der Waals surface area (Å²) in [5.41, 5.74) is 0.669. The second-order valence-electron chi connectivity index (χ2n) is 9.56. The maximum Gasteiger partial charge on any atom is 0.259 e. The molecule has 34 heavy (non-hydrogen) atoms. The largest absolute Gasteiger partial charge is 0.393 e. The van der Waals surface area contributed by atoms with Crippen molar-refractivity contribution < 1.29 is 9.90 Å². The Hall–Kier alpha value is -3.03. The summed E-state index contributed by atoms with van der Waals surface area (Å²) in [5.74, 6) is 1.57. The van der Waals surface area contributed by atoms with Gasteiger partial charge in [0.05, 0.1) is 6.10 Å². The van der Waals surface area contributed by atoms with Gasteiger partial charge < -0.3 is 15.7 Å². The van der Waals surface area contributed by atoms with Gasteiger partial charge in [-0.2, -0.15) is 4.98 Å². The Kier molecular flexibility index (Phi) is 7.02. The molecule has 7 nitrogen and oxygen atoms in total. The smallest absolute Gasteiger partial charge is 0.259 e. The van der Waals surface area contributed by atoms with Crippen molar-refractivity contribution in [1.29, 1.82) is 0 Å². The van der Waals surface area contributed by atoms with Crippen LogP contribution in [0.2, 0.25) is 0 Å². The molecular weight excluding hydrogens is 426 g/mol. The number of nitrogens with zero attached hydrogens (tertiary/aromatic N) is 3. The van der Waals surface area contributed by atoms with Crippen LogP contribution in [0, 0.1) is 5.92 Å². The van der Waals surface area contributed by atoms with Crippen molar-refractivity contribution in [2.24, 2.45) is 5.92 Å². The molecule has 2 fully saturated rings. The standard InChI is InChI=1S/C27H33N5O2/c33-24-9-7-23(8-10-24)30-27-29-16-13-25(31-27)32(18-19-11-14-28-15-12-19)26(34)22-6-5-20-3-1-2-4-21(20)17-22/h1-6,13,16-17,19,23-24,28,33H,7-12,14-15,18H2,(H,29,30,31). The summed E-state index contributed by atoms with van der Waals surface area (Å²) >= 11 is 0. The van der Waals surface area contributed by atoms with Crippen LogP contribution in [0.4, 0.5) is 11.8 Å². The van der Waals surface area contributed by atoms with Crippen LogP contribution in [0.15, 0.2) is 54.7 Å². The first-order valence-electron chi connectivity index (χ1n) is 12.4. The van der Waals surface area contributed by atoms with E-state index in [0.29, 0.717) is 29.8 Å². The van der Waals surface area contributed by atoms with E-state index >= 15 is 0 Å². The lowest BCUT2D eigenvalue weighted by Crippen LogP contribution is -2.40. The molecule has 2 aliphatic rings. The lowest BCUT2D eigenvalue weighted by Gasteiger charge is -2.30. The van der Waals surface area contributed by atoms with Crippen molar-refractivity contribution in [1.82, 2.24) is 15.3 Å². The molecule has 178 valence electrons. The molecule has 0 atom stereocenters. The number of anilines is 2. The first kappa shape index (κ1) is 22.7. The predicted octanol–water partition coefficient (Wildman–Crippen LogP) is 3.99. The Morgan fingerprint density at radius 1 is 1.00 bits per heavy atom. The maximum absolute atomic E-state index is 13.8. The average Bonchev–Trinajstić information content (AvgIpc) is 2.89. The average molecular weight is 460 g/mol. The van der Waals surface area contributed by atoms with E-state index < -0.39 is 0 Å². The molecule has 1 aliphatic heterocycles. The Morgan fingerprint density at radius 3 is 2.56 bits per heavy atom. The lowest BCUT2D eigenvalue weighted by molar-refractivity contribution is 0.0980. The lowest BCUT2D eigenvalue weighted by atomic mass is 9.93. The Balaban J connectivity index is 1.41. The van der Waals surface area contributed by atoms with Gasteiger partial charge in [-0.1, -0.05) is 30.3 Å². The second kappa shape index (κ2) is 10.5. The Bertz CT molecular complexity index is 1120. The number of carbonyl (C=O) groups excluding carboxylic acids is 1. The molecule has 5 rings (SSSR count). The van der Waals surface area contributed by atoms with Crippen molar-refractivity contribution in [3.63, 3.8) is 0 Å². The molecule has 1 saturated carbocycles. The van der Waals surface area contributed by atoms with E-state index in [2.05, 4.69) is 21.7 Å². The topological polar surface area (TPSA) is 90.4 Å². The van der Waals surface area contributed by atoms with Gasteiger partial charge in [-0.3, -0.25) is 9.69 Å². The van der Waals surface area contributed by atoms with Crippen LogP contribution in [-0.4, -0.2) is 52.8 Å². The van der Waals surface area contributed by atoms with Gasteiger partial charge in [0.2, 0.25) is 5.95 Å². The monoisotopic (exact) mass is 459 g/mol. The minimum atomic E-state index is -0.203. The van der Waals surface area contributed by atoms with E-state index in [0.717, 1.165) is 62.4 Å². The minimum Gasteiger partial charge on any atom is -0.393 e. The van der Waals surface area contributed by atoms with Crippen molar-refractivity contribution in [2.75, 3.05) is 29.9 Å². The molecular formula is C27H33N5O2. The number of aromatic nitrogens is 2. The van der Waals surface area contributed by atoms with Gasteiger partial charge >= 0.3 is 0 Å². The number of hydrogen-bond donors (Lipinski definition) is 3. The first-order valence-corrected chi connectivity index (χ1v) is 12.4. The number of amides is 1. The van der Waals surface area contributed by atoms with Crippen molar-refractivity contribution in [2.45, 2.75) is 50.7 Å². The zero-order valence-corrected chi connectivity index (χ0v) is 19.5. The number of carbonyl (C=O) groups is 1. The van der Waals surface area contributed by atoms with Gasteiger partial charge in [0, 0.05) is 24.3 Å². The van der Waals surface area contributed by atoms with Gasteiger partial charge in [-0.25, -0.2) is 4.98 Å². The fraction of sp³-hybridized carbons (Fsp3) is 0.444. The summed E-state index contributed by atoms with van der Waals surface area (Å²) in [5, 5.41) is 18.8. The fourth-order valence-electron chi connectivity index (χ4n) is 5.05. The SMILES string of the molecule is O=C(c1ccc2ccccc2c1)N(CC1CCNCC1)c1ccnc(NC2CCC(O)CC2)n1. The number of rotatable bonds is 6. The van der Waals surface area contributed by atoms with Gasteiger partial charge in [0.1, 0.15) is 5.82 Å². The maximum atomic E-state index is 13.8. The summed E-state index contributed by atoms with van der Waals surface area (Å²) in [6.45, 7) is 2.60. The molecule has 2 heterocycles. The third-order valence-electron chi connectivity index (χ3n) is 7.09. The molecule has 3 aromatic rings. The van der Waals surface area contributed by atoms with Gasteiger partial charge in [0.15, 0.2) is 0 Å². The summed E-state index contributed by atoms with van der Waals surface area (Å²) < 4.78 is 0. The molecule has 3 N–H and O–H groups in total. The molecule has 7 heteroatoms. The first-order chi connectivity index (χ1) is 16.7. The fourth-order valence-corrected chi connectivity index (χ4v) is 5.05. The number of piperidine rings is 1. The van der Waals surface area contributed by atoms with Crippen molar-refractivity contribution in [3.05, 3.63) is 60.3 Å². The molecule has 0 unspecified atom stereocenters. The number of benzene rings is 2. The number of aliphatic hydroxyl groups is 1. The number of aliphatic hydroxyl groups excluding tert-OH is 1. The highest BCUT2D eigenvalue weighted by Crippen LogP contribution is 2.25. The molecule has 0 radical (unpaired) electrons. The van der Waals surface area contributed by atoms with E-state index in [4.69, 9.17) is 4.98 Å². The van der Waals surface area contributed by atoms with E-state index in [1.165, 1.54) is 0 Å². The molecule has 0 bridgehead atoms. The van der Waals surface area contributed by atoms with E-state index in [1.807, 2.05) is 47.4 Å². The highest BCUT2D eigenvalue weighted by Gasteiger charge is 2.25. The molecule has 1 saturated heterocycles. The molecule has 1 amide bonds. The molecule has 0 spiro atoms. The predicted molar refractivity (Wildman–Crippen MR) is 135 cm³/mol. The van der Waals surface area contributed by atoms with E-state index in [9.17, 15) is 9.90 Å². The molecule has 1 aliphatic carbocycles. The van der Waals surface area contributed by atoms with Crippen LogP contribution < -0.4 is 15.5 Å². The van der Waals surface area contributed by atoms with E-state index in [-0.39, 0.29) is 18.1 Å². The molecule has 1 aromatic heterocycles. The summed E-state index contributed by atoms with van der Waals surface area (Å²) in [6.07, 6.45) is 6.98.